The molecule has 0 atom stereocenters. The summed E-state index contributed by atoms with van der Waals surface area (Å²) >= 11 is 5.49. The Hall–Kier alpha value is 0.360. The predicted octanol–water partition coefficient (Wildman–Crippen LogP) is 2.44. The molecule has 0 aliphatic carbocycles. The van der Waals surface area contributed by atoms with E-state index in [1.54, 1.807) is 0 Å². The van der Waals surface area contributed by atoms with Crippen LogP contribution < -0.4 is 0 Å². The van der Waals surface area contributed by atoms with Gasteiger partial charge in [0.1, 0.15) is 0 Å². The van der Waals surface area contributed by atoms with E-state index in [4.69, 9.17) is 29.8 Å². The third-order valence-electron chi connectivity index (χ3n) is 1.35. The molecule has 0 radical (unpaired) electrons. The van der Waals surface area contributed by atoms with Crippen LogP contribution in [0.3, 0.4) is 0 Å². The van der Waals surface area contributed by atoms with Crippen LogP contribution in [0, 0.1) is 0 Å². The van der Waals surface area contributed by atoms with Crippen molar-refractivity contribution >= 4 is 18.2 Å². The molecule has 0 heterocycles. The Balaban J connectivity index is 3.45. The van der Waals surface area contributed by atoms with Crippen LogP contribution in [0.2, 0.25) is 0 Å². The first-order valence-electron chi connectivity index (χ1n) is 4.86. The fourth-order valence-electron chi connectivity index (χ4n) is 0.736. The fraction of sp³-hybridized carbons (Fsp3) is 1.00. The molecule has 7 heteroatoms. The molecular formula is C8H18ClO5P. The topological polar surface area (TPSA) is 54.0 Å². The van der Waals surface area contributed by atoms with Crippen molar-refractivity contribution in [2.75, 3.05) is 39.6 Å². The SMILES string of the molecule is CCOCCOP(=O)(Cl)OCCOCC. The molecule has 5 nitrogen and oxygen atoms in total. The Morgan fingerprint density at radius 2 is 1.33 bits per heavy atom. The Morgan fingerprint density at radius 3 is 1.67 bits per heavy atom. The molecule has 0 unspecified atom stereocenters. The second-order valence-electron chi connectivity index (χ2n) is 2.49. The van der Waals surface area contributed by atoms with Gasteiger partial charge >= 0.3 is 6.95 Å². The third-order valence-corrected chi connectivity index (χ3v) is 2.92. The molecule has 0 aromatic heterocycles. The van der Waals surface area contributed by atoms with Gasteiger partial charge in [-0.05, 0) is 13.8 Å². The summed E-state index contributed by atoms with van der Waals surface area (Å²) in [6.45, 7) is 2.44. The molecule has 92 valence electrons. The second-order valence-corrected chi connectivity index (χ2v) is 5.11. The van der Waals surface area contributed by atoms with Crippen LogP contribution in [0.15, 0.2) is 0 Å². The molecule has 0 rings (SSSR count). The van der Waals surface area contributed by atoms with Crippen LogP contribution in [0.4, 0.5) is 0 Å². The molecule has 0 spiro atoms. The van der Waals surface area contributed by atoms with Gasteiger partial charge in [0, 0.05) is 24.5 Å². The molecule has 0 N–H and O–H groups in total. The summed E-state index contributed by atoms with van der Waals surface area (Å²) in [5.41, 5.74) is 0. The van der Waals surface area contributed by atoms with Crippen LogP contribution in [0.25, 0.3) is 0 Å². The van der Waals surface area contributed by atoms with Gasteiger partial charge in [-0.25, -0.2) is 4.57 Å². The highest BCUT2D eigenvalue weighted by Gasteiger charge is 2.20. The number of halogens is 1. The molecular weight excluding hydrogens is 243 g/mol. The van der Waals surface area contributed by atoms with Crippen molar-refractivity contribution in [3.05, 3.63) is 0 Å². The van der Waals surface area contributed by atoms with Crippen molar-refractivity contribution in [1.82, 2.24) is 0 Å². The lowest BCUT2D eigenvalue weighted by molar-refractivity contribution is 0.0854. The molecule has 0 saturated carbocycles. The van der Waals surface area contributed by atoms with Gasteiger partial charge < -0.3 is 9.47 Å². The lowest BCUT2D eigenvalue weighted by atomic mass is 10.8. The summed E-state index contributed by atoms with van der Waals surface area (Å²) in [5, 5.41) is 0. The van der Waals surface area contributed by atoms with E-state index in [-0.39, 0.29) is 13.2 Å². The highest BCUT2D eigenvalue weighted by Crippen LogP contribution is 2.53. The first-order valence-corrected chi connectivity index (χ1v) is 7.31. The van der Waals surface area contributed by atoms with Crippen molar-refractivity contribution in [1.29, 1.82) is 0 Å². The number of hydrogen-bond donors (Lipinski definition) is 0. The molecule has 0 saturated heterocycles. The quantitative estimate of drug-likeness (QED) is 0.446. The van der Waals surface area contributed by atoms with E-state index in [2.05, 4.69) is 0 Å². The summed E-state index contributed by atoms with van der Waals surface area (Å²) in [7, 11) is 0. The lowest BCUT2D eigenvalue weighted by Gasteiger charge is -2.11. The number of rotatable bonds is 10. The maximum Gasteiger partial charge on any atom is 0.424 e. The maximum absolute atomic E-state index is 11.4. The van der Waals surface area contributed by atoms with Crippen LogP contribution >= 0.6 is 18.2 Å². The summed E-state index contributed by atoms with van der Waals surface area (Å²) in [6, 6.07) is 0. The van der Waals surface area contributed by atoms with Crippen LogP contribution in [-0.2, 0) is 23.1 Å². The van der Waals surface area contributed by atoms with Crippen molar-refractivity contribution < 1.29 is 23.1 Å². The summed E-state index contributed by atoms with van der Waals surface area (Å²) in [5.74, 6) is 0. The first kappa shape index (κ1) is 15.4. The Bertz CT molecular complexity index is 174. The molecule has 0 aromatic carbocycles. The zero-order chi connectivity index (χ0) is 11.6. The minimum absolute atomic E-state index is 0.156. The summed E-state index contributed by atoms with van der Waals surface area (Å²) in [6.07, 6.45) is 0. The zero-order valence-corrected chi connectivity index (χ0v) is 10.8. The Morgan fingerprint density at radius 1 is 0.933 bits per heavy atom. The van der Waals surface area contributed by atoms with E-state index in [9.17, 15) is 4.57 Å². The van der Waals surface area contributed by atoms with Gasteiger partial charge in [-0.1, -0.05) is 0 Å². The van der Waals surface area contributed by atoms with Crippen LogP contribution in [-0.4, -0.2) is 39.6 Å². The minimum Gasteiger partial charge on any atom is -0.379 e. The first-order chi connectivity index (χ1) is 7.12. The van der Waals surface area contributed by atoms with Crippen molar-refractivity contribution in [2.45, 2.75) is 13.8 Å². The van der Waals surface area contributed by atoms with E-state index in [0.29, 0.717) is 26.4 Å². The van der Waals surface area contributed by atoms with E-state index in [1.165, 1.54) is 0 Å². The monoisotopic (exact) mass is 260 g/mol. The van der Waals surface area contributed by atoms with E-state index >= 15 is 0 Å². The fourth-order valence-corrected chi connectivity index (χ4v) is 1.81. The van der Waals surface area contributed by atoms with E-state index in [0.717, 1.165) is 0 Å². The normalized spacial score (nSPS) is 11.9. The molecule has 0 aromatic rings. The van der Waals surface area contributed by atoms with Gasteiger partial charge in [0.05, 0.1) is 26.4 Å². The number of ether oxygens (including phenoxy) is 2. The molecule has 15 heavy (non-hydrogen) atoms. The molecule has 0 amide bonds. The third kappa shape index (κ3) is 10.6. The molecule has 0 aliphatic rings. The molecule has 0 aliphatic heterocycles. The second kappa shape index (κ2) is 9.58. The van der Waals surface area contributed by atoms with Gasteiger partial charge in [0.25, 0.3) is 0 Å². The average Bonchev–Trinajstić information content (AvgIpc) is 2.20. The molecule has 0 fully saturated rings. The van der Waals surface area contributed by atoms with Gasteiger partial charge in [0.15, 0.2) is 0 Å². The maximum atomic E-state index is 11.4. The highest BCUT2D eigenvalue weighted by atomic mass is 35.7. The largest absolute Gasteiger partial charge is 0.424 e. The Kier molecular flexibility index (Phi) is 9.81. The van der Waals surface area contributed by atoms with Crippen LogP contribution in [0.1, 0.15) is 13.8 Å². The number of hydrogen-bond acceptors (Lipinski definition) is 5. The van der Waals surface area contributed by atoms with Gasteiger partial charge in [-0.15, -0.1) is 0 Å². The smallest absolute Gasteiger partial charge is 0.379 e. The van der Waals surface area contributed by atoms with Gasteiger partial charge in [0.2, 0.25) is 0 Å². The van der Waals surface area contributed by atoms with Gasteiger partial charge in [-0.2, -0.15) is 0 Å². The Labute approximate surface area is 95.3 Å². The average molecular weight is 261 g/mol. The predicted molar refractivity (Wildman–Crippen MR) is 58.3 cm³/mol. The van der Waals surface area contributed by atoms with E-state index in [1.807, 2.05) is 13.8 Å². The molecule has 0 bridgehead atoms. The standard InChI is InChI=1S/C8H18ClO5P/c1-3-11-5-7-13-15(9,10)14-8-6-12-4-2/h3-8H2,1-2H3. The summed E-state index contributed by atoms with van der Waals surface area (Å²) in [4.78, 5) is 0. The minimum atomic E-state index is -3.46. The van der Waals surface area contributed by atoms with Crippen LogP contribution in [0.5, 0.6) is 0 Å². The van der Waals surface area contributed by atoms with Gasteiger partial charge in [-0.3, -0.25) is 9.05 Å². The van der Waals surface area contributed by atoms with Crippen molar-refractivity contribution in [3.63, 3.8) is 0 Å². The lowest BCUT2D eigenvalue weighted by Crippen LogP contribution is -2.05. The zero-order valence-electron chi connectivity index (χ0n) is 9.11. The van der Waals surface area contributed by atoms with Crippen molar-refractivity contribution in [2.24, 2.45) is 0 Å². The summed E-state index contributed by atoms with van der Waals surface area (Å²) < 4.78 is 31.0. The highest BCUT2D eigenvalue weighted by molar-refractivity contribution is 7.81. The van der Waals surface area contributed by atoms with E-state index < -0.39 is 6.95 Å². The van der Waals surface area contributed by atoms with Crippen molar-refractivity contribution in [3.8, 4) is 0 Å².